The first kappa shape index (κ1) is 19.3. The summed E-state index contributed by atoms with van der Waals surface area (Å²) in [5.74, 6) is -0.434. The molecule has 0 atom stereocenters. The fourth-order valence-electron chi connectivity index (χ4n) is 1.02. The number of imide groups is 1. The normalized spacial score (nSPS) is 11.5. The molecule has 0 radical (unpaired) electrons. The van der Waals surface area contributed by atoms with Gasteiger partial charge >= 0.3 is 6.09 Å². The second kappa shape index (κ2) is 8.94. The zero-order valence-electron chi connectivity index (χ0n) is 11.4. The van der Waals surface area contributed by atoms with Crippen molar-refractivity contribution >= 4 is 24.4 Å². The molecule has 0 fully saturated rings. The Balaban J connectivity index is 0. The maximum absolute atomic E-state index is 11.5. The standard InChI is InChI=1S/C12H22N2O3.ClH/c1-9(7-5-6-8-13)10(15)14-11(16)17-12(2,3)4;/h7H,5-6,8,13H2,1-4H3,(H,14,15,16);1H. The Hall–Kier alpha value is -1.07. The van der Waals surface area contributed by atoms with E-state index >= 15 is 0 Å². The highest BCUT2D eigenvalue weighted by molar-refractivity contribution is 6.01. The Morgan fingerprint density at radius 1 is 1.33 bits per heavy atom. The van der Waals surface area contributed by atoms with Gasteiger partial charge in [-0.25, -0.2) is 4.79 Å². The van der Waals surface area contributed by atoms with Gasteiger partial charge < -0.3 is 10.5 Å². The number of alkyl carbamates (subject to hydrolysis) is 1. The summed E-state index contributed by atoms with van der Waals surface area (Å²) in [5, 5.41) is 2.16. The van der Waals surface area contributed by atoms with Crippen LogP contribution in [0.5, 0.6) is 0 Å². The van der Waals surface area contributed by atoms with Crippen molar-refractivity contribution < 1.29 is 14.3 Å². The zero-order chi connectivity index (χ0) is 13.5. The van der Waals surface area contributed by atoms with Crippen LogP contribution >= 0.6 is 12.4 Å². The summed E-state index contributed by atoms with van der Waals surface area (Å²) in [4.78, 5) is 22.8. The Kier molecular flexibility index (Phi) is 9.57. The average molecular weight is 279 g/mol. The monoisotopic (exact) mass is 278 g/mol. The molecule has 18 heavy (non-hydrogen) atoms. The van der Waals surface area contributed by atoms with Crippen LogP contribution in [0.15, 0.2) is 11.6 Å². The molecule has 0 aliphatic carbocycles. The van der Waals surface area contributed by atoms with Crippen LogP contribution in [0.3, 0.4) is 0 Å². The van der Waals surface area contributed by atoms with Gasteiger partial charge in [0.1, 0.15) is 5.60 Å². The van der Waals surface area contributed by atoms with Crippen LogP contribution in [0.25, 0.3) is 0 Å². The van der Waals surface area contributed by atoms with Crippen LogP contribution in [-0.4, -0.2) is 24.1 Å². The highest BCUT2D eigenvalue weighted by Crippen LogP contribution is 2.07. The number of amides is 2. The fraction of sp³-hybridized carbons (Fsp3) is 0.667. The molecule has 0 aromatic carbocycles. The second-order valence-electron chi connectivity index (χ2n) is 4.77. The average Bonchev–Trinajstić information content (AvgIpc) is 2.14. The summed E-state index contributed by atoms with van der Waals surface area (Å²) in [6.45, 7) is 7.44. The first-order chi connectivity index (χ1) is 7.76. The molecule has 0 spiro atoms. The number of halogens is 1. The van der Waals surface area contributed by atoms with E-state index in [4.69, 9.17) is 10.5 Å². The summed E-state index contributed by atoms with van der Waals surface area (Å²) in [7, 11) is 0. The number of allylic oxidation sites excluding steroid dienone is 1. The van der Waals surface area contributed by atoms with Gasteiger partial charge in [-0.3, -0.25) is 10.1 Å². The van der Waals surface area contributed by atoms with Crippen LogP contribution in [-0.2, 0) is 9.53 Å². The van der Waals surface area contributed by atoms with E-state index in [-0.39, 0.29) is 12.4 Å². The molecule has 0 bridgehead atoms. The van der Waals surface area contributed by atoms with Gasteiger partial charge in [-0.1, -0.05) is 6.08 Å². The Morgan fingerprint density at radius 3 is 2.33 bits per heavy atom. The smallest absolute Gasteiger partial charge is 0.414 e. The molecule has 3 N–H and O–H groups in total. The van der Waals surface area contributed by atoms with Crippen molar-refractivity contribution in [3.05, 3.63) is 11.6 Å². The number of ether oxygens (including phenoxy) is 1. The maximum Gasteiger partial charge on any atom is 0.414 e. The van der Waals surface area contributed by atoms with E-state index in [1.54, 1.807) is 33.8 Å². The Morgan fingerprint density at radius 2 is 1.89 bits per heavy atom. The van der Waals surface area contributed by atoms with E-state index in [0.717, 1.165) is 12.8 Å². The van der Waals surface area contributed by atoms with E-state index in [9.17, 15) is 9.59 Å². The van der Waals surface area contributed by atoms with Crippen molar-refractivity contribution in [3.63, 3.8) is 0 Å². The molecular formula is C12H23ClN2O3. The molecule has 0 aromatic heterocycles. The quantitative estimate of drug-likeness (QED) is 0.610. The van der Waals surface area contributed by atoms with E-state index < -0.39 is 17.6 Å². The van der Waals surface area contributed by atoms with E-state index in [2.05, 4.69) is 5.32 Å². The molecule has 0 rings (SSSR count). The highest BCUT2D eigenvalue weighted by Gasteiger charge is 2.18. The highest BCUT2D eigenvalue weighted by atomic mass is 35.5. The number of hydrogen-bond acceptors (Lipinski definition) is 4. The van der Waals surface area contributed by atoms with Gasteiger partial charge in [-0.15, -0.1) is 12.4 Å². The van der Waals surface area contributed by atoms with Crippen molar-refractivity contribution in [3.8, 4) is 0 Å². The first-order valence-corrected chi connectivity index (χ1v) is 5.67. The Bertz CT molecular complexity index is 309. The van der Waals surface area contributed by atoms with Gasteiger partial charge in [0.15, 0.2) is 0 Å². The van der Waals surface area contributed by atoms with Crippen LogP contribution in [0.2, 0.25) is 0 Å². The van der Waals surface area contributed by atoms with Crippen molar-refractivity contribution in [2.45, 2.75) is 46.1 Å². The molecule has 0 unspecified atom stereocenters. The molecule has 106 valence electrons. The van der Waals surface area contributed by atoms with Crippen LogP contribution in [0.4, 0.5) is 4.79 Å². The summed E-state index contributed by atoms with van der Waals surface area (Å²) in [5.41, 5.74) is 5.22. The molecule has 6 heteroatoms. The fourth-order valence-corrected chi connectivity index (χ4v) is 1.02. The molecule has 5 nitrogen and oxygen atoms in total. The van der Waals surface area contributed by atoms with Gasteiger partial charge in [-0.05, 0) is 47.1 Å². The van der Waals surface area contributed by atoms with E-state index in [1.165, 1.54) is 0 Å². The van der Waals surface area contributed by atoms with Gasteiger partial charge in [0, 0.05) is 5.57 Å². The minimum absolute atomic E-state index is 0. The molecule has 0 aliphatic heterocycles. The number of carbonyl (C=O) groups is 2. The Labute approximate surface area is 115 Å². The predicted molar refractivity (Wildman–Crippen MR) is 73.7 cm³/mol. The van der Waals surface area contributed by atoms with Crippen molar-refractivity contribution in [2.75, 3.05) is 6.54 Å². The minimum atomic E-state index is -0.728. The predicted octanol–water partition coefficient (Wildman–Crippen LogP) is 2.14. The molecule has 0 aliphatic rings. The number of unbranched alkanes of at least 4 members (excludes halogenated alkanes) is 1. The topological polar surface area (TPSA) is 81.4 Å². The number of hydrogen-bond donors (Lipinski definition) is 2. The second-order valence-corrected chi connectivity index (χ2v) is 4.77. The maximum atomic E-state index is 11.5. The van der Waals surface area contributed by atoms with Crippen molar-refractivity contribution in [2.24, 2.45) is 5.73 Å². The third-order valence-corrected chi connectivity index (χ3v) is 1.83. The van der Waals surface area contributed by atoms with Gasteiger partial charge in [0.05, 0.1) is 0 Å². The lowest BCUT2D eigenvalue weighted by Crippen LogP contribution is -2.36. The molecule has 0 heterocycles. The molecule has 0 saturated heterocycles. The number of nitrogens with two attached hydrogens (primary N) is 1. The largest absolute Gasteiger partial charge is 0.444 e. The molecular weight excluding hydrogens is 256 g/mol. The summed E-state index contributed by atoms with van der Waals surface area (Å²) >= 11 is 0. The van der Waals surface area contributed by atoms with Crippen LogP contribution in [0.1, 0.15) is 40.5 Å². The zero-order valence-corrected chi connectivity index (χ0v) is 12.2. The van der Waals surface area contributed by atoms with Gasteiger partial charge in [0.25, 0.3) is 5.91 Å². The molecule has 0 aromatic rings. The lowest BCUT2D eigenvalue weighted by Gasteiger charge is -2.19. The third kappa shape index (κ3) is 10.1. The first-order valence-electron chi connectivity index (χ1n) is 5.67. The van der Waals surface area contributed by atoms with E-state index in [0.29, 0.717) is 12.1 Å². The lowest BCUT2D eigenvalue weighted by molar-refractivity contribution is -0.117. The number of nitrogens with one attached hydrogen (secondary N) is 1. The van der Waals surface area contributed by atoms with Crippen LogP contribution in [0, 0.1) is 0 Å². The van der Waals surface area contributed by atoms with Gasteiger partial charge in [0.2, 0.25) is 0 Å². The summed E-state index contributed by atoms with van der Waals surface area (Å²) < 4.78 is 4.97. The minimum Gasteiger partial charge on any atom is -0.444 e. The third-order valence-electron chi connectivity index (χ3n) is 1.83. The lowest BCUT2D eigenvalue weighted by atomic mass is 10.2. The summed E-state index contributed by atoms with van der Waals surface area (Å²) in [6, 6.07) is 0. The number of carbonyl (C=O) groups excluding carboxylic acids is 2. The van der Waals surface area contributed by atoms with Crippen molar-refractivity contribution in [1.82, 2.24) is 5.32 Å². The summed E-state index contributed by atoms with van der Waals surface area (Å²) in [6.07, 6.45) is 2.57. The van der Waals surface area contributed by atoms with Gasteiger partial charge in [-0.2, -0.15) is 0 Å². The molecule has 0 saturated carbocycles. The SMILES string of the molecule is CC(=CCCCN)C(=O)NC(=O)OC(C)(C)C.Cl. The number of rotatable bonds is 4. The van der Waals surface area contributed by atoms with E-state index in [1.807, 2.05) is 0 Å². The van der Waals surface area contributed by atoms with Crippen LogP contribution < -0.4 is 11.1 Å². The molecule has 2 amide bonds. The van der Waals surface area contributed by atoms with Crippen molar-refractivity contribution in [1.29, 1.82) is 0 Å².